The zero-order valence-corrected chi connectivity index (χ0v) is 16.8. The van der Waals surface area contributed by atoms with Crippen LogP contribution in [0, 0.1) is 5.82 Å². The van der Waals surface area contributed by atoms with Crippen LogP contribution in [0.15, 0.2) is 54.9 Å². The molecule has 1 saturated heterocycles. The van der Waals surface area contributed by atoms with Crippen LogP contribution < -0.4 is 15.0 Å². The molecule has 0 bridgehead atoms. The third-order valence-electron chi connectivity index (χ3n) is 5.16. The average Bonchev–Trinajstić information content (AvgIpc) is 2.80. The van der Waals surface area contributed by atoms with Crippen molar-refractivity contribution in [2.75, 3.05) is 30.4 Å². The van der Waals surface area contributed by atoms with Crippen molar-refractivity contribution in [3.63, 3.8) is 0 Å². The third kappa shape index (κ3) is 4.25. The lowest BCUT2D eigenvalue weighted by molar-refractivity contribution is 0.102. The van der Waals surface area contributed by atoms with E-state index in [4.69, 9.17) is 4.74 Å². The Balaban J connectivity index is 1.52. The van der Waals surface area contributed by atoms with Gasteiger partial charge >= 0.3 is 0 Å². The van der Waals surface area contributed by atoms with Crippen molar-refractivity contribution in [3.05, 3.63) is 66.2 Å². The Bertz CT molecular complexity index is 1030. The van der Waals surface area contributed by atoms with Crippen LogP contribution in [0.3, 0.4) is 0 Å². The largest absolute Gasteiger partial charge is 0.494 e. The molecule has 30 heavy (non-hydrogen) atoms. The maximum Gasteiger partial charge on any atom is 0.255 e. The van der Waals surface area contributed by atoms with Crippen LogP contribution >= 0.6 is 0 Å². The van der Waals surface area contributed by atoms with Crippen molar-refractivity contribution >= 4 is 17.4 Å². The van der Waals surface area contributed by atoms with Gasteiger partial charge in [-0.3, -0.25) is 9.78 Å². The van der Waals surface area contributed by atoms with E-state index in [0.29, 0.717) is 11.3 Å². The minimum absolute atomic E-state index is 0.130. The van der Waals surface area contributed by atoms with E-state index < -0.39 is 5.82 Å². The second-order valence-electron chi connectivity index (χ2n) is 7.16. The molecule has 7 heteroatoms. The highest BCUT2D eigenvalue weighted by molar-refractivity contribution is 6.04. The van der Waals surface area contributed by atoms with Crippen molar-refractivity contribution < 1.29 is 13.9 Å². The molecular weight excluding hydrogens is 383 g/mol. The minimum atomic E-state index is -0.529. The molecule has 4 rings (SSSR count). The second-order valence-corrected chi connectivity index (χ2v) is 7.16. The van der Waals surface area contributed by atoms with Gasteiger partial charge in [0.05, 0.1) is 7.11 Å². The molecule has 154 valence electrons. The number of halogens is 1. The molecule has 2 aromatic carbocycles. The van der Waals surface area contributed by atoms with Gasteiger partial charge in [0, 0.05) is 48.4 Å². The Morgan fingerprint density at radius 1 is 1.03 bits per heavy atom. The number of hydrogen-bond acceptors (Lipinski definition) is 5. The number of aromatic nitrogens is 2. The van der Waals surface area contributed by atoms with Crippen molar-refractivity contribution in [1.82, 2.24) is 9.97 Å². The zero-order chi connectivity index (χ0) is 20.9. The smallest absolute Gasteiger partial charge is 0.255 e. The molecule has 1 aliphatic rings. The lowest BCUT2D eigenvalue weighted by atomic mass is 10.1. The number of ether oxygens (including phenoxy) is 1. The van der Waals surface area contributed by atoms with Crippen molar-refractivity contribution in [3.8, 4) is 17.0 Å². The van der Waals surface area contributed by atoms with Gasteiger partial charge in [-0.1, -0.05) is 12.1 Å². The first kappa shape index (κ1) is 19.8. The molecule has 0 aliphatic carbocycles. The summed E-state index contributed by atoms with van der Waals surface area (Å²) < 4.78 is 18.7. The first-order valence-corrected chi connectivity index (χ1v) is 9.97. The Labute approximate surface area is 174 Å². The fourth-order valence-corrected chi connectivity index (χ4v) is 3.60. The van der Waals surface area contributed by atoms with Gasteiger partial charge in [-0.25, -0.2) is 9.37 Å². The van der Waals surface area contributed by atoms with Gasteiger partial charge in [0.15, 0.2) is 17.4 Å². The molecule has 6 nitrogen and oxygen atoms in total. The summed E-state index contributed by atoms with van der Waals surface area (Å²) in [6.45, 7) is 1.95. The SMILES string of the molecule is COc1ccc(NC(=O)c2ccc(-c3nccnc3N3CCCCC3)cc2)cc1F. The van der Waals surface area contributed by atoms with Crippen LogP contribution in [0.1, 0.15) is 29.6 Å². The zero-order valence-electron chi connectivity index (χ0n) is 16.8. The number of piperidine rings is 1. The molecule has 1 aromatic heterocycles. The summed E-state index contributed by atoms with van der Waals surface area (Å²) in [6, 6.07) is 11.5. The predicted molar refractivity (Wildman–Crippen MR) is 114 cm³/mol. The Kier molecular flexibility index (Phi) is 5.88. The van der Waals surface area contributed by atoms with Gasteiger partial charge < -0.3 is 15.0 Å². The summed E-state index contributed by atoms with van der Waals surface area (Å²) in [6.07, 6.45) is 6.95. The van der Waals surface area contributed by atoms with E-state index in [-0.39, 0.29) is 11.7 Å². The predicted octanol–water partition coefficient (Wildman–Crippen LogP) is 4.53. The molecule has 0 radical (unpaired) electrons. The Morgan fingerprint density at radius 3 is 2.47 bits per heavy atom. The van der Waals surface area contributed by atoms with Gasteiger partial charge in [-0.15, -0.1) is 0 Å². The number of benzene rings is 2. The summed E-state index contributed by atoms with van der Waals surface area (Å²) >= 11 is 0. The average molecular weight is 406 g/mol. The van der Waals surface area contributed by atoms with Gasteiger partial charge in [0.1, 0.15) is 5.69 Å². The molecule has 1 aliphatic heterocycles. The van der Waals surface area contributed by atoms with Crippen LogP contribution in [0.5, 0.6) is 5.75 Å². The van der Waals surface area contributed by atoms with Crippen LogP contribution in [0.4, 0.5) is 15.9 Å². The third-order valence-corrected chi connectivity index (χ3v) is 5.16. The number of rotatable bonds is 5. The number of nitrogens with zero attached hydrogens (tertiary/aromatic N) is 3. The molecule has 3 aromatic rings. The van der Waals surface area contributed by atoms with Crippen LogP contribution in [0.2, 0.25) is 0 Å². The Morgan fingerprint density at radius 2 is 1.77 bits per heavy atom. The summed E-state index contributed by atoms with van der Waals surface area (Å²) in [7, 11) is 1.39. The van der Waals surface area contributed by atoms with Crippen molar-refractivity contribution in [2.45, 2.75) is 19.3 Å². The fourth-order valence-electron chi connectivity index (χ4n) is 3.60. The standard InChI is InChI=1S/C23H23FN4O2/c1-30-20-10-9-18(15-19(20)24)27-23(29)17-7-5-16(6-8-17)21-22(26-12-11-25-21)28-13-3-2-4-14-28/h5-12,15H,2-4,13-14H2,1H3,(H,27,29). The highest BCUT2D eigenvalue weighted by atomic mass is 19.1. The number of carbonyl (C=O) groups excluding carboxylic acids is 1. The molecule has 1 fully saturated rings. The summed E-state index contributed by atoms with van der Waals surface area (Å²) in [4.78, 5) is 23.9. The normalized spacial score (nSPS) is 13.7. The number of nitrogens with one attached hydrogen (secondary N) is 1. The lowest BCUT2D eigenvalue weighted by Gasteiger charge is -2.28. The summed E-state index contributed by atoms with van der Waals surface area (Å²) in [5, 5.41) is 2.70. The van der Waals surface area contributed by atoms with E-state index in [9.17, 15) is 9.18 Å². The lowest BCUT2D eigenvalue weighted by Crippen LogP contribution is -2.30. The molecule has 2 heterocycles. The van der Waals surface area contributed by atoms with Crippen molar-refractivity contribution in [2.24, 2.45) is 0 Å². The van der Waals surface area contributed by atoms with Gasteiger partial charge in [-0.2, -0.15) is 0 Å². The first-order chi connectivity index (χ1) is 14.7. The molecule has 0 atom stereocenters. The molecule has 0 unspecified atom stereocenters. The van der Waals surface area contributed by atoms with E-state index in [1.165, 1.54) is 25.7 Å². The molecule has 0 spiro atoms. The van der Waals surface area contributed by atoms with E-state index in [1.54, 1.807) is 30.6 Å². The van der Waals surface area contributed by atoms with E-state index in [0.717, 1.165) is 43.0 Å². The topological polar surface area (TPSA) is 67.3 Å². The number of amides is 1. The highest BCUT2D eigenvalue weighted by Crippen LogP contribution is 2.29. The van der Waals surface area contributed by atoms with Gasteiger partial charge in [0.2, 0.25) is 0 Å². The van der Waals surface area contributed by atoms with Gasteiger partial charge in [-0.05, 0) is 43.5 Å². The maximum absolute atomic E-state index is 13.8. The monoisotopic (exact) mass is 406 g/mol. The molecular formula is C23H23FN4O2. The number of methoxy groups -OCH3 is 1. The van der Waals surface area contributed by atoms with E-state index >= 15 is 0 Å². The highest BCUT2D eigenvalue weighted by Gasteiger charge is 2.18. The summed E-state index contributed by atoms with van der Waals surface area (Å²) in [5.41, 5.74) is 2.54. The fraction of sp³-hybridized carbons (Fsp3) is 0.261. The van der Waals surface area contributed by atoms with Crippen LogP contribution in [-0.4, -0.2) is 36.1 Å². The maximum atomic E-state index is 13.8. The quantitative estimate of drug-likeness (QED) is 0.674. The minimum Gasteiger partial charge on any atom is -0.494 e. The summed E-state index contributed by atoms with van der Waals surface area (Å²) in [5.74, 6) is 0.161. The molecule has 1 N–H and O–H groups in total. The second kappa shape index (κ2) is 8.90. The van der Waals surface area contributed by atoms with E-state index in [2.05, 4.69) is 20.2 Å². The van der Waals surface area contributed by atoms with Gasteiger partial charge in [0.25, 0.3) is 5.91 Å². The molecule has 1 amide bonds. The molecule has 0 saturated carbocycles. The number of anilines is 2. The van der Waals surface area contributed by atoms with Crippen LogP contribution in [0.25, 0.3) is 11.3 Å². The number of hydrogen-bond donors (Lipinski definition) is 1. The first-order valence-electron chi connectivity index (χ1n) is 9.97. The van der Waals surface area contributed by atoms with Crippen molar-refractivity contribution in [1.29, 1.82) is 0 Å². The van der Waals surface area contributed by atoms with Crippen LogP contribution in [-0.2, 0) is 0 Å². The van der Waals surface area contributed by atoms with E-state index in [1.807, 2.05) is 12.1 Å². The Hall–Kier alpha value is -3.48. The number of carbonyl (C=O) groups is 1.